The van der Waals surface area contributed by atoms with Gasteiger partial charge in [-0.05, 0) is 0 Å². The molecule has 0 radical (unpaired) electrons. The van der Waals surface area contributed by atoms with Crippen LogP contribution in [0.1, 0.15) is 0 Å². The largest absolute Gasteiger partial charge is 0.328 e. The van der Waals surface area contributed by atoms with Gasteiger partial charge in [-0.1, -0.05) is 5.43 Å². The molecule has 1 saturated heterocycles. The Bertz CT molecular complexity index is 355. The third-order valence-corrected chi connectivity index (χ3v) is 2.44. The summed E-state index contributed by atoms with van der Waals surface area (Å²) in [5, 5.41) is 12.2. The van der Waals surface area contributed by atoms with Crippen molar-refractivity contribution in [3.8, 4) is 0 Å². The van der Waals surface area contributed by atoms with Crippen molar-refractivity contribution in [1.82, 2.24) is 20.5 Å². The number of fused-ring (bicyclic) bond motifs is 1. The highest BCUT2D eigenvalue weighted by Gasteiger charge is 2.46. The van der Waals surface area contributed by atoms with Gasteiger partial charge in [0.2, 0.25) is 0 Å². The second kappa shape index (κ2) is 2.97. The molecule has 2 aliphatic heterocycles. The van der Waals surface area contributed by atoms with E-state index in [9.17, 15) is 14.9 Å². The van der Waals surface area contributed by atoms with Crippen molar-refractivity contribution in [1.29, 1.82) is 0 Å². The molecule has 9 heteroatoms. The standard InChI is InChI=1S/C6H10N6O3/c1-10-3-4(11(2)6(10)13)8-5(7-3)9-12(14)15/h3-4H,1-2H3,(H2,7,8,9)/t3-,4-/m1/s1. The normalized spacial score (nSPS) is 28.7. The van der Waals surface area contributed by atoms with E-state index in [2.05, 4.69) is 10.3 Å². The number of guanidine groups is 1. The smallest absolute Gasteiger partial charge is 0.323 e. The zero-order chi connectivity index (χ0) is 11.2. The zero-order valence-electron chi connectivity index (χ0n) is 8.17. The van der Waals surface area contributed by atoms with Crippen molar-refractivity contribution in [2.45, 2.75) is 12.3 Å². The van der Waals surface area contributed by atoms with E-state index >= 15 is 0 Å². The maximum absolute atomic E-state index is 11.4. The van der Waals surface area contributed by atoms with Crippen LogP contribution in [0, 0.1) is 10.1 Å². The summed E-state index contributed by atoms with van der Waals surface area (Å²) in [5.74, 6) is 0.0706. The topological polar surface area (TPSA) is 103 Å². The van der Waals surface area contributed by atoms with Crippen LogP contribution in [-0.2, 0) is 0 Å². The summed E-state index contributed by atoms with van der Waals surface area (Å²) in [7, 11) is 3.21. The molecule has 0 aromatic heterocycles. The molecule has 0 aromatic carbocycles. The molecule has 9 nitrogen and oxygen atoms in total. The Morgan fingerprint density at radius 2 is 2.20 bits per heavy atom. The van der Waals surface area contributed by atoms with Crippen LogP contribution >= 0.6 is 0 Å². The Morgan fingerprint density at radius 3 is 2.73 bits per heavy atom. The second-order valence-corrected chi connectivity index (χ2v) is 3.35. The van der Waals surface area contributed by atoms with Crippen molar-refractivity contribution in [2.75, 3.05) is 14.1 Å². The lowest BCUT2D eigenvalue weighted by molar-refractivity contribution is -0.525. The predicted molar refractivity (Wildman–Crippen MR) is 49.2 cm³/mol. The summed E-state index contributed by atoms with van der Waals surface area (Å²) in [6.07, 6.45) is -0.755. The van der Waals surface area contributed by atoms with E-state index in [-0.39, 0.29) is 18.2 Å². The van der Waals surface area contributed by atoms with Gasteiger partial charge in [0.05, 0.1) is 0 Å². The number of amides is 2. The Morgan fingerprint density at radius 1 is 1.53 bits per heavy atom. The summed E-state index contributed by atoms with van der Waals surface area (Å²) in [5.41, 5.74) is 1.92. The van der Waals surface area contributed by atoms with Gasteiger partial charge in [0.1, 0.15) is 6.17 Å². The molecule has 2 aliphatic rings. The minimum absolute atomic E-state index is 0.0706. The first-order chi connectivity index (χ1) is 7.00. The first-order valence-electron chi connectivity index (χ1n) is 4.25. The van der Waals surface area contributed by atoms with E-state index in [1.807, 2.05) is 5.43 Å². The van der Waals surface area contributed by atoms with E-state index in [0.717, 1.165) is 0 Å². The fourth-order valence-electron chi connectivity index (χ4n) is 1.68. The molecule has 2 atom stereocenters. The molecule has 2 heterocycles. The average Bonchev–Trinajstić information content (AvgIpc) is 2.63. The molecule has 2 N–H and O–H groups in total. The van der Waals surface area contributed by atoms with Crippen molar-refractivity contribution in [2.24, 2.45) is 4.99 Å². The van der Waals surface area contributed by atoms with Crippen LogP contribution in [0.2, 0.25) is 0 Å². The molecule has 15 heavy (non-hydrogen) atoms. The maximum Gasteiger partial charge on any atom is 0.323 e. The lowest BCUT2D eigenvalue weighted by Gasteiger charge is -2.16. The third-order valence-electron chi connectivity index (χ3n) is 2.44. The Labute approximate surface area is 84.9 Å². The number of nitrogens with zero attached hydrogens (tertiary/aromatic N) is 4. The highest BCUT2D eigenvalue weighted by atomic mass is 16.7. The molecular formula is C6H10N6O3. The van der Waals surface area contributed by atoms with Gasteiger partial charge in [-0.2, -0.15) is 0 Å². The number of likely N-dealkylation sites (N-methyl/N-ethyl adjacent to an activating group) is 2. The van der Waals surface area contributed by atoms with Crippen molar-refractivity contribution in [3.05, 3.63) is 10.1 Å². The van der Waals surface area contributed by atoms with E-state index in [1.54, 1.807) is 14.1 Å². The summed E-state index contributed by atoms with van der Waals surface area (Å²) in [4.78, 5) is 28.5. The van der Waals surface area contributed by atoms with Crippen molar-refractivity contribution >= 4 is 12.0 Å². The van der Waals surface area contributed by atoms with Gasteiger partial charge < -0.3 is 15.1 Å². The summed E-state index contributed by atoms with van der Waals surface area (Å²) >= 11 is 0. The number of aliphatic imine (C=N–C) groups is 1. The molecule has 2 amide bonds. The fraction of sp³-hybridized carbons (Fsp3) is 0.667. The molecular weight excluding hydrogens is 204 g/mol. The minimum Gasteiger partial charge on any atom is -0.328 e. The number of hydrogen-bond acceptors (Lipinski definition) is 5. The Hall–Kier alpha value is -2.06. The molecule has 0 saturated carbocycles. The van der Waals surface area contributed by atoms with Gasteiger partial charge in [0.25, 0.3) is 5.96 Å². The molecule has 0 aliphatic carbocycles. The lowest BCUT2D eigenvalue weighted by atomic mass is 10.4. The second-order valence-electron chi connectivity index (χ2n) is 3.35. The Kier molecular flexibility index (Phi) is 1.88. The van der Waals surface area contributed by atoms with Gasteiger partial charge in [-0.25, -0.2) is 19.9 Å². The van der Waals surface area contributed by atoms with Gasteiger partial charge in [-0.3, -0.25) is 0 Å². The minimum atomic E-state index is -0.700. The number of urea groups is 1. The first-order valence-corrected chi connectivity index (χ1v) is 4.25. The summed E-state index contributed by atoms with van der Waals surface area (Å²) < 4.78 is 0. The third kappa shape index (κ3) is 1.32. The highest BCUT2D eigenvalue weighted by molar-refractivity contribution is 5.85. The monoisotopic (exact) mass is 214 g/mol. The van der Waals surface area contributed by atoms with Gasteiger partial charge in [-0.15, -0.1) is 0 Å². The maximum atomic E-state index is 11.4. The quantitative estimate of drug-likeness (QED) is 0.403. The SMILES string of the molecule is CN1C(=O)N(C)[C@H]2NC(N[N+](=O)[O-])=N[C@@H]21. The number of rotatable bonds is 1. The first kappa shape index (κ1) is 9.49. The van der Waals surface area contributed by atoms with E-state index in [0.29, 0.717) is 0 Å². The molecule has 82 valence electrons. The summed E-state index contributed by atoms with van der Waals surface area (Å²) in [6.45, 7) is 0. The molecule has 2 rings (SSSR count). The van der Waals surface area contributed by atoms with Crippen molar-refractivity contribution < 1.29 is 9.83 Å². The number of hydrazine groups is 1. The number of carbonyl (C=O) groups excluding carboxylic acids is 1. The van der Waals surface area contributed by atoms with E-state index in [4.69, 9.17) is 0 Å². The zero-order valence-corrected chi connectivity index (χ0v) is 8.17. The highest BCUT2D eigenvalue weighted by Crippen LogP contribution is 2.22. The van der Waals surface area contributed by atoms with Crippen LogP contribution in [0.4, 0.5) is 4.79 Å². The van der Waals surface area contributed by atoms with Crippen LogP contribution < -0.4 is 10.7 Å². The number of hydrogen-bond donors (Lipinski definition) is 2. The van der Waals surface area contributed by atoms with Gasteiger partial charge in [0.15, 0.2) is 11.2 Å². The van der Waals surface area contributed by atoms with Crippen molar-refractivity contribution in [3.63, 3.8) is 0 Å². The van der Waals surface area contributed by atoms with Crippen LogP contribution in [0.5, 0.6) is 0 Å². The number of carbonyl (C=O) groups is 1. The van der Waals surface area contributed by atoms with Crippen LogP contribution in [0.3, 0.4) is 0 Å². The summed E-state index contributed by atoms with van der Waals surface area (Å²) in [6, 6.07) is -0.165. The van der Waals surface area contributed by atoms with Gasteiger partial charge in [0, 0.05) is 14.1 Å². The molecule has 0 bridgehead atoms. The van der Waals surface area contributed by atoms with Gasteiger partial charge >= 0.3 is 6.03 Å². The molecule has 0 aromatic rings. The van der Waals surface area contributed by atoms with Crippen LogP contribution in [0.25, 0.3) is 0 Å². The lowest BCUT2D eigenvalue weighted by Crippen LogP contribution is -2.47. The number of nitrogens with one attached hydrogen (secondary N) is 2. The fourth-order valence-corrected chi connectivity index (χ4v) is 1.68. The van der Waals surface area contributed by atoms with E-state index in [1.165, 1.54) is 9.80 Å². The number of nitro groups is 1. The molecule has 1 fully saturated rings. The van der Waals surface area contributed by atoms with Crippen LogP contribution in [-0.4, -0.2) is 53.2 Å². The van der Waals surface area contributed by atoms with Crippen LogP contribution in [0.15, 0.2) is 4.99 Å². The molecule has 0 unspecified atom stereocenters. The van der Waals surface area contributed by atoms with E-state index < -0.39 is 11.2 Å². The molecule has 0 spiro atoms. The average molecular weight is 214 g/mol. The predicted octanol–water partition coefficient (Wildman–Crippen LogP) is -1.62. The Balaban J connectivity index is 2.15.